The number of aliphatic hydroxyl groups is 1. The molecular weight excluding hydrogens is 270 g/mol. The lowest BCUT2D eigenvalue weighted by atomic mass is 9.82. The molecule has 1 saturated heterocycles. The predicted molar refractivity (Wildman–Crippen MR) is 78.3 cm³/mol. The molecule has 0 aromatic heterocycles. The van der Waals surface area contributed by atoms with Crippen molar-refractivity contribution in [1.29, 1.82) is 0 Å². The Balaban J connectivity index is 2.12. The van der Waals surface area contributed by atoms with E-state index in [-0.39, 0.29) is 24.9 Å². The second-order valence-electron chi connectivity index (χ2n) is 5.80. The molecule has 1 atom stereocenters. The summed E-state index contributed by atoms with van der Waals surface area (Å²) in [5.41, 5.74) is 4.98. The maximum Gasteiger partial charge on any atom is 0.313 e. The number of nitrogens with two attached hydrogens (primary N) is 1. The van der Waals surface area contributed by atoms with E-state index in [2.05, 4.69) is 5.32 Å². The molecule has 6 heteroatoms. The van der Waals surface area contributed by atoms with E-state index in [1.165, 1.54) is 4.90 Å². The summed E-state index contributed by atoms with van der Waals surface area (Å²) < 4.78 is 0. The van der Waals surface area contributed by atoms with Gasteiger partial charge in [0.1, 0.15) is 11.6 Å². The molecule has 1 aliphatic heterocycles. The molecule has 1 aromatic rings. The van der Waals surface area contributed by atoms with Crippen LogP contribution in [0.25, 0.3) is 0 Å². The van der Waals surface area contributed by atoms with Gasteiger partial charge in [-0.25, -0.2) is 4.79 Å². The monoisotopic (exact) mass is 291 g/mol. The summed E-state index contributed by atoms with van der Waals surface area (Å²) in [5.74, 6) is -0.189. The van der Waals surface area contributed by atoms with Gasteiger partial charge in [0.05, 0.1) is 13.1 Å². The van der Waals surface area contributed by atoms with Gasteiger partial charge < -0.3 is 21.1 Å². The summed E-state index contributed by atoms with van der Waals surface area (Å²) >= 11 is 0. The average Bonchev–Trinajstić information content (AvgIpc) is 2.41. The molecule has 21 heavy (non-hydrogen) atoms. The first-order valence-electron chi connectivity index (χ1n) is 6.95. The number of likely N-dealkylation sites (tertiary alicyclic amines) is 1. The molecule has 1 aromatic carbocycles. The number of primary amides is 1. The Morgan fingerprint density at radius 3 is 2.33 bits per heavy atom. The van der Waals surface area contributed by atoms with Gasteiger partial charge >= 0.3 is 6.03 Å². The van der Waals surface area contributed by atoms with Crippen molar-refractivity contribution in [3.05, 3.63) is 35.9 Å². The molecule has 114 valence electrons. The number of amides is 3. The van der Waals surface area contributed by atoms with Gasteiger partial charge in [0.2, 0.25) is 5.91 Å². The minimum atomic E-state index is -0.844. The third-order valence-electron chi connectivity index (χ3n) is 3.98. The van der Waals surface area contributed by atoms with Crippen LogP contribution in [0.2, 0.25) is 0 Å². The zero-order chi connectivity index (χ0) is 15.6. The summed E-state index contributed by atoms with van der Waals surface area (Å²) in [6.07, 6.45) is 0. The van der Waals surface area contributed by atoms with Crippen molar-refractivity contribution in [2.75, 3.05) is 13.1 Å². The molecule has 0 saturated carbocycles. The second kappa shape index (κ2) is 5.73. The number of carbonyl (C=O) groups is 2. The van der Waals surface area contributed by atoms with E-state index >= 15 is 0 Å². The topological polar surface area (TPSA) is 95.7 Å². The van der Waals surface area contributed by atoms with E-state index in [4.69, 9.17) is 5.73 Å². The fraction of sp³-hybridized carbons (Fsp3) is 0.467. The molecular formula is C15H21N3O3. The van der Waals surface area contributed by atoms with E-state index in [9.17, 15) is 14.7 Å². The number of benzene rings is 1. The highest BCUT2D eigenvalue weighted by molar-refractivity contribution is 5.88. The SMILES string of the molecule is CC(C)C1(O)CN(C(=O)C(NC(N)=O)c2ccccc2)C1. The van der Waals surface area contributed by atoms with Crippen LogP contribution >= 0.6 is 0 Å². The summed E-state index contributed by atoms with van der Waals surface area (Å²) in [4.78, 5) is 25.2. The number of urea groups is 1. The minimum absolute atomic E-state index is 0.0702. The summed E-state index contributed by atoms with van der Waals surface area (Å²) in [6, 6.07) is 7.35. The highest BCUT2D eigenvalue weighted by atomic mass is 16.3. The minimum Gasteiger partial charge on any atom is -0.386 e. The Morgan fingerprint density at radius 1 is 1.29 bits per heavy atom. The number of hydrogen-bond acceptors (Lipinski definition) is 3. The normalized spacial score (nSPS) is 18.0. The predicted octanol–water partition coefficient (Wildman–Crippen LogP) is 0.625. The van der Waals surface area contributed by atoms with Gasteiger partial charge in [0.15, 0.2) is 0 Å². The van der Waals surface area contributed by atoms with Crippen LogP contribution in [-0.4, -0.2) is 40.6 Å². The zero-order valence-electron chi connectivity index (χ0n) is 12.2. The van der Waals surface area contributed by atoms with Gasteiger partial charge in [-0.2, -0.15) is 0 Å². The Bertz CT molecular complexity index is 524. The molecule has 2 rings (SSSR count). The molecule has 1 unspecified atom stereocenters. The smallest absolute Gasteiger partial charge is 0.313 e. The number of carbonyl (C=O) groups excluding carboxylic acids is 2. The van der Waals surface area contributed by atoms with E-state index in [0.29, 0.717) is 5.56 Å². The van der Waals surface area contributed by atoms with Crippen molar-refractivity contribution in [3.8, 4) is 0 Å². The zero-order valence-corrected chi connectivity index (χ0v) is 12.2. The molecule has 6 nitrogen and oxygen atoms in total. The molecule has 0 radical (unpaired) electrons. The first-order chi connectivity index (χ1) is 9.83. The first-order valence-corrected chi connectivity index (χ1v) is 6.95. The van der Waals surface area contributed by atoms with Gasteiger partial charge in [0.25, 0.3) is 0 Å². The third-order valence-corrected chi connectivity index (χ3v) is 3.98. The number of nitrogens with one attached hydrogen (secondary N) is 1. The summed E-state index contributed by atoms with van der Waals surface area (Å²) in [5, 5.41) is 12.7. The molecule has 1 heterocycles. The fourth-order valence-corrected chi connectivity index (χ4v) is 2.39. The summed E-state index contributed by atoms with van der Waals surface area (Å²) in [6.45, 7) is 4.37. The van der Waals surface area contributed by atoms with Crippen molar-refractivity contribution in [2.24, 2.45) is 11.7 Å². The maximum atomic E-state index is 12.5. The molecule has 0 spiro atoms. The molecule has 1 aliphatic rings. The van der Waals surface area contributed by atoms with Gasteiger partial charge in [-0.3, -0.25) is 4.79 Å². The van der Waals surface area contributed by atoms with Crippen LogP contribution in [0.15, 0.2) is 30.3 Å². The van der Waals surface area contributed by atoms with E-state index in [0.717, 1.165) is 0 Å². The Morgan fingerprint density at radius 2 is 1.86 bits per heavy atom. The molecule has 4 N–H and O–H groups in total. The van der Waals surface area contributed by atoms with Crippen LogP contribution in [0.1, 0.15) is 25.5 Å². The lowest BCUT2D eigenvalue weighted by Crippen LogP contribution is -2.67. The lowest BCUT2D eigenvalue weighted by Gasteiger charge is -2.49. The van der Waals surface area contributed by atoms with Crippen LogP contribution in [-0.2, 0) is 4.79 Å². The van der Waals surface area contributed by atoms with Gasteiger partial charge in [-0.15, -0.1) is 0 Å². The van der Waals surface area contributed by atoms with Crippen molar-refractivity contribution in [2.45, 2.75) is 25.5 Å². The van der Waals surface area contributed by atoms with Crippen LogP contribution < -0.4 is 11.1 Å². The number of hydrogen-bond donors (Lipinski definition) is 3. The van der Waals surface area contributed by atoms with Crippen LogP contribution in [0, 0.1) is 5.92 Å². The largest absolute Gasteiger partial charge is 0.386 e. The highest BCUT2D eigenvalue weighted by Crippen LogP contribution is 2.30. The second-order valence-corrected chi connectivity index (χ2v) is 5.80. The van der Waals surface area contributed by atoms with Crippen molar-refractivity contribution in [3.63, 3.8) is 0 Å². The number of β-amino-alcohol motifs (C(OH)–C–C–N with tert-alkyl or cyclic N) is 1. The first kappa shape index (κ1) is 15.3. The van der Waals surface area contributed by atoms with Gasteiger partial charge in [-0.05, 0) is 11.5 Å². The van der Waals surface area contributed by atoms with Crippen LogP contribution in [0.4, 0.5) is 4.79 Å². The quantitative estimate of drug-likeness (QED) is 0.759. The van der Waals surface area contributed by atoms with E-state index in [1.807, 2.05) is 19.9 Å². The lowest BCUT2D eigenvalue weighted by molar-refractivity contribution is -0.165. The standard InChI is InChI=1S/C15H21N3O3/c1-10(2)15(21)8-18(9-15)13(19)12(17-14(16)20)11-6-4-3-5-7-11/h3-7,10,12,21H,8-9H2,1-2H3,(H3,16,17,20). The van der Waals surface area contributed by atoms with Gasteiger partial charge in [0, 0.05) is 0 Å². The summed E-state index contributed by atoms with van der Waals surface area (Å²) in [7, 11) is 0. The van der Waals surface area contributed by atoms with E-state index in [1.54, 1.807) is 24.3 Å². The van der Waals surface area contributed by atoms with Crippen LogP contribution in [0.3, 0.4) is 0 Å². The highest BCUT2D eigenvalue weighted by Gasteiger charge is 2.47. The van der Waals surface area contributed by atoms with Crippen molar-refractivity contribution >= 4 is 11.9 Å². The maximum absolute atomic E-state index is 12.5. The van der Waals surface area contributed by atoms with Gasteiger partial charge in [-0.1, -0.05) is 44.2 Å². The van der Waals surface area contributed by atoms with Crippen LogP contribution in [0.5, 0.6) is 0 Å². The average molecular weight is 291 g/mol. The van der Waals surface area contributed by atoms with Crippen molar-refractivity contribution in [1.82, 2.24) is 10.2 Å². The molecule has 1 fully saturated rings. The Labute approximate surface area is 123 Å². The number of nitrogens with zero attached hydrogens (tertiary/aromatic N) is 1. The number of rotatable bonds is 4. The molecule has 3 amide bonds. The molecule has 0 bridgehead atoms. The Hall–Kier alpha value is -2.08. The fourth-order valence-electron chi connectivity index (χ4n) is 2.39. The third kappa shape index (κ3) is 3.16. The molecule has 0 aliphatic carbocycles. The van der Waals surface area contributed by atoms with Crippen molar-refractivity contribution < 1.29 is 14.7 Å². The van der Waals surface area contributed by atoms with E-state index < -0.39 is 17.7 Å². The Kier molecular flexibility index (Phi) is 4.18.